The molecule has 0 atom stereocenters. The SMILES string of the molecule is CNCCC1CCN(C(=O)c2c(C)c3ccccc3[nH]c2=O)CC1. The Hall–Kier alpha value is -2.14. The van der Waals surface area contributed by atoms with E-state index in [4.69, 9.17) is 0 Å². The van der Waals surface area contributed by atoms with Crippen LogP contribution in [0, 0.1) is 12.8 Å². The number of aromatic nitrogens is 1. The molecule has 2 aromatic rings. The number of aromatic amines is 1. The maximum absolute atomic E-state index is 12.9. The summed E-state index contributed by atoms with van der Waals surface area (Å²) in [7, 11) is 1.97. The van der Waals surface area contributed by atoms with Gasteiger partial charge in [-0.2, -0.15) is 0 Å². The number of amides is 1. The highest BCUT2D eigenvalue weighted by molar-refractivity contribution is 5.99. The third kappa shape index (κ3) is 3.22. The zero-order valence-electron chi connectivity index (χ0n) is 14.4. The molecule has 1 saturated heterocycles. The van der Waals surface area contributed by atoms with Gasteiger partial charge in [0.2, 0.25) is 0 Å². The van der Waals surface area contributed by atoms with Crippen molar-refractivity contribution in [1.29, 1.82) is 0 Å². The molecule has 24 heavy (non-hydrogen) atoms. The van der Waals surface area contributed by atoms with Crippen molar-refractivity contribution >= 4 is 16.8 Å². The van der Waals surface area contributed by atoms with Crippen LogP contribution in [0.3, 0.4) is 0 Å². The molecule has 2 heterocycles. The summed E-state index contributed by atoms with van der Waals surface area (Å²) < 4.78 is 0. The quantitative estimate of drug-likeness (QED) is 0.905. The molecule has 0 aliphatic carbocycles. The second-order valence-electron chi connectivity index (χ2n) is 6.63. The topological polar surface area (TPSA) is 65.2 Å². The molecule has 0 bridgehead atoms. The van der Waals surface area contributed by atoms with E-state index in [0.29, 0.717) is 11.5 Å². The van der Waals surface area contributed by atoms with E-state index < -0.39 is 0 Å². The normalized spacial score (nSPS) is 15.8. The first-order chi connectivity index (χ1) is 11.6. The van der Waals surface area contributed by atoms with Gasteiger partial charge < -0.3 is 15.2 Å². The number of fused-ring (bicyclic) bond motifs is 1. The molecule has 1 aromatic heterocycles. The maximum Gasteiger partial charge on any atom is 0.261 e. The number of pyridine rings is 1. The van der Waals surface area contributed by atoms with Gasteiger partial charge in [0.05, 0.1) is 0 Å². The third-order valence-electron chi connectivity index (χ3n) is 5.10. The number of hydrogen-bond acceptors (Lipinski definition) is 3. The first kappa shape index (κ1) is 16.7. The molecule has 1 amide bonds. The van der Waals surface area contributed by atoms with Gasteiger partial charge in [0.15, 0.2) is 0 Å². The third-order valence-corrected chi connectivity index (χ3v) is 5.10. The van der Waals surface area contributed by atoms with Crippen LogP contribution >= 0.6 is 0 Å². The second kappa shape index (κ2) is 7.18. The highest BCUT2D eigenvalue weighted by atomic mass is 16.2. The van der Waals surface area contributed by atoms with Crippen LogP contribution < -0.4 is 10.9 Å². The second-order valence-corrected chi connectivity index (χ2v) is 6.63. The van der Waals surface area contributed by atoms with Gasteiger partial charge in [-0.25, -0.2) is 0 Å². The van der Waals surface area contributed by atoms with Gasteiger partial charge in [-0.05, 0) is 57.3 Å². The van der Waals surface area contributed by atoms with Crippen LogP contribution in [0.25, 0.3) is 10.9 Å². The molecule has 3 rings (SSSR count). The van der Waals surface area contributed by atoms with Gasteiger partial charge >= 0.3 is 0 Å². The largest absolute Gasteiger partial charge is 0.338 e. The van der Waals surface area contributed by atoms with Crippen LogP contribution in [0.4, 0.5) is 0 Å². The van der Waals surface area contributed by atoms with Gasteiger partial charge in [0, 0.05) is 24.0 Å². The van der Waals surface area contributed by atoms with Crippen LogP contribution in [0.1, 0.15) is 35.2 Å². The Kier molecular flexibility index (Phi) is 5.00. The van der Waals surface area contributed by atoms with E-state index in [1.54, 1.807) is 0 Å². The average Bonchev–Trinajstić information content (AvgIpc) is 2.60. The zero-order chi connectivity index (χ0) is 17.1. The van der Waals surface area contributed by atoms with Crippen LogP contribution in [-0.4, -0.2) is 42.5 Å². The summed E-state index contributed by atoms with van der Waals surface area (Å²) in [4.78, 5) is 30.0. The Bertz CT molecular complexity index is 789. The number of carbonyl (C=O) groups excluding carboxylic acids is 1. The predicted molar refractivity (Wildman–Crippen MR) is 96.5 cm³/mol. The van der Waals surface area contributed by atoms with Crippen LogP contribution in [0.15, 0.2) is 29.1 Å². The molecule has 2 N–H and O–H groups in total. The zero-order valence-corrected chi connectivity index (χ0v) is 14.4. The monoisotopic (exact) mass is 327 g/mol. The minimum Gasteiger partial charge on any atom is -0.338 e. The van der Waals surface area contributed by atoms with E-state index in [0.717, 1.165) is 55.4 Å². The summed E-state index contributed by atoms with van der Waals surface area (Å²) in [6.45, 7) is 4.35. The number of piperidine rings is 1. The van der Waals surface area contributed by atoms with E-state index in [-0.39, 0.29) is 11.5 Å². The lowest BCUT2D eigenvalue weighted by Gasteiger charge is -2.32. The molecule has 0 spiro atoms. The lowest BCUT2D eigenvalue weighted by Crippen LogP contribution is -2.41. The minimum atomic E-state index is -0.284. The van der Waals surface area contributed by atoms with Crippen LogP contribution in [0.2, 0.25) is 0 Å². The van der Waals surface area contributed by atoms with Crippen molar-refractivity contribution in [2.45, 2.75) is 26.2 Å². The van der Waals surface area contributed by atoms with Crippen molar-refractivity contribution in [3.05, 3.63) is 45.7 Å². The number of likely N-dealkylation sites (tertiary alicyclic amines) is 1. The molecular formula is C19H25N3O2. The number of para-hydroxylation sites is 1. The Morgan fingerprint density at radius 1 is 1.29 bits per heavy atom. The van der Waals surface area contributed by atoms with Gasteiger partial charge in [-0.3, -0.25) is 9.59 Å². The number of benzene rings is 1. The lowest BCUT2D eigenvalue weighted by atomic mass is 9.93. The van der Waals surface area contributed by atoms with E-state index in [1.165, 1.54) is 0 Å². The number of nitrogens with zero attached hydrogens (tertiary/aromatic N) is 1. The minimum absolute atomic E-state index is 0.133. The van der Waals surface area contributed by atoms with Crippen LogP contribution in [0.5, 0.6) is 0 Å². The summed E-state index contributed by atoms with van der Waals surface area (Å²) in [5.74, 6) is 0.532. The van der Waals surface area contributed by atoms with Gasteiger partial charge in [-0.15, -0.1) is 0 Å². The first-order valence-corrected chi connectivity index (χ1v) is 8.67. The summed E-state index contributed by atoms with van der Waals surface area (Å²) in [5.41, 5.74) is 1.56. The summed E-state index contributed by atoms with van der Waals surface area (Å²) in [6.07, 6.45) is 3.17. The Labute approximate surface area is 142 Å². The van der Waals surface area contributed by atoms with Gasteiger partial charge in [0.25, 0.3) is 11.5 Å². The fourth-order valence-electron chi connectivity index (χ4n) is 3.60. The summed E-state index contributed by atoms with van der Waals surface area (Å²) in [5, 5.41) is 4.12. The molecule has 1 aliphatic heterocycles. The van der Waals surface area contributed by atoms with Crippen molar-refractivity contribution in [2.24, 2.45) is 5.92 Å². The average molecular weight is 327 g/mol. The Balaban J connectivity index is 1.81. The number of aryl methyl sites for hydroxylation is 1. The van der Waals surface area contributed by atoms with E-state index in [1.807, 2.05) is 43.1 Å². The molecule has 1 aliphatic rings. The van der Waals surface area contributed by atoms with E-state index in [2.05, 4.69) is 10.3 Å². The molecule has 5 nitrogen and oxygen atoms in total. The summed E-state index contributed by atoms with van der Waals surface area (Å²) >= 11 is 0. The fourth-order valence-corrected chi connectivity index (χ4v) is 3.60. The molecular weight excluding hydrogens is 302 g/mol. The highest BCUT2D eigenvalue weighted by Crippen LogP contribution is 2.23. The lowest BCUT2D eigenvalue weighted by molar-refractivity contribution is 0.0685. The Morgan fingerprint density at radius 2 is 2.00 bits per heavy atom. The number of nitrogens with one attached hydrogen (secondary N) is 2. The van der Waals surface area contributed by atoms with E-state index in [9.17, 15) is 9.59 Å². The Morgan fingerprint density at radius 3 is 2.71 bits per heavy atom. The number of H-pyrrole nitrogens is 1. The standard InChI is InChI=1S/C19H25N3O2/c1-13-15-5-3-4-6-16(15)21-18(23)17(13)19(24)22-11-8-14(9-12-22)7-10-20-2/h3-6,14,20H,7-12H2,1-2H3,(H,21,23). The molecule has 0 unspecified atom stereocenters. The van der Waals surface area contributed by atoms with Gasteiger partial charge in [-0.1, -0.05) is 18.2 Å². The van der Waals surface area contributed by atoms with E-state index >= 15 is 0 Å². The molecule has 5 heteroatoms. The molecule has 1 aromatic carbocycles. The first-order valence-electron chi connectivity index (χ1n) is 8.67. The number of rotatable bonds is 4. The van der Waals surface area contributed by atoms with Crippen molar-refractivity contribution in [2.75, 3.05) is 26.7 Å². The predicted octanol–water partition coefficient (Wildman–Crippen LogP) is 2.30. The number of hydrogen-bond donors (Lipinski definition) is 2. The molecule has 0 radical (unpaired) electrons. The van der Waals surface area contributed by atoms with Crippen LogP contribution in [-0.2, 0) is 0 Å². The van der Waals surface area contributed by atoms with Crippen molar-refractivity contribution < 1.29 is 4.79 Å². The summed E-state index contributed by atoms with van der Waals surface area (Å²) in [6, 6.07) is 7.62. The fraction of sp³-hybridized carbons (Fsp3) is 0.474. The highest BCUT2D eigenvalue weighted by Gasteiger charge is 2.26. The van der Waals surface area contributed by atoms with Crippen molar-refractivity contribution in [3.63, 3.8) is 0 Å². The molecule has 0 saturated carbocycles. The van der Waals surface area contributed by atoms with Gasteiger partial charge in [0.1, 0.15) is 5.56 Å². The van der Waals surface area contributed by atoms with Crippen molar-refractivity contribution in [3.8, 4) is 0 Å². The molecule has 1 fully saturated rings. The smallest absolute Gasteiger partial charge is 0.261 e. The van der Waals surface area contributed by atoms with Crippen molar-refractivity contribution in [1.82, 2.24) is 15.2 Å². The molecule has 128 valence electrons. The maximum atomic E-state index is 12.9. The number of carbonyl (C=O) groups is 1.